The van der Waals surface area contributed by atoms with Gasteiger partial charge in [-0.2, -0.15) is 0 Å². The predicted octanol–water partition coefficient (Wildman–Crippen LogP) is 7.44. The number of pyridine rings is 1. The summed E-state index contributed by atoms with van der Waals surface area (Å²) >= 11 is 0. The zero-order chi connectivity index (χ0) is 18.2. The molecule has 1 heteroatoms. The zero-order valence-corrected chi connectivity index (χ0v) is 15.1. The van der Waals surface area contributed by atoms with Crippen LogP contribution < -0.4 is 0 Å². The summed E-state index contributed by atoms with van der Waals surface area (Å²) in [5, 5.41) is 14.4. The molecule has 128 valence electrons. The molecule has 1 aromatic heterocycles. The maximum Gasteiger partial charge on any atom is 0.0714 e. The number of rotatable bonds is 0. The Kier molecular flexibility index (Phi) is 2.54. The highest BCUT2D eigenvalue weighted by molar-refractivity contribution is 6.38. The third-order valence-corrected chi connectivity index (χ3v) is 6.21. The van der Waals surface area contributed by atoms with Gasteiger partial charge in [0.2, 0.25) is 0 Å². The molecule has 7 aromatic rings. The Morgan fingerprint density at radius 1 is 0.429 bits per heavy atom. The standard InChI is InChI=1S/C27H15N/c1-2-7-18-16(5-1)11-12-20-23(18)15-17-6-3-8-19-21-13-14-28-24-10-4-9-22(26(21)24)27(20)25(17)19/h1-15H. The lowest BCUT2D eigenvalue weighted by Gasteiger charge is -2.16. The third kappa shape index (κ3) is 1.65. The SMILES string of the molecule is c1ccc2c(c1)ccc1c2cc2cccc3c4ccnc5cccc(c54)c1c23. The Labute approximate surface area is 161 Å². The summed E-state index contributed by atoms with van der Waals surface area (Å²) in [5.74, 6) is 0. The van der Waals surface area contributed by atoms with Crippen LogP contribution >= 0.6 is 0 Å². The highest BCUT2D eigenvalue weighted by Crippen LogP contribution is 2.44. The summed E-state index contributed by atoms with van der Waals surface area (Å²) in [6.07, 6.45) is 1.93. The molecule has 0 saturated heterocycles. The molecule has 0 spiro atoms. The van der Waals surface area contributed by atoms with Gasteiger partial charge in [-0.1, -0.05) is 66.7 Å². The number of nitrogens with zero attached hydrogens (tertiary/aromatic N) is 1. The molecule has 1 nitrogen and oxygen atoms in total. The first-order valence-electron chi connectivity index (χ1n) is 9.66. The molecule has 0 amide bonds. The summed E-state index contributed by atoms with van der Waals surface area (Å²) in [6.45, 7) is 0. The Morgan fingerprint density at radius 2 is 1.18 bits per heavy atom. The molecule has 0 atom stereocenters. The van der Waals surface area contributed by atoms with Crippen molar-refractivity contribution < 1.29 is 0 Å². The first-order chi connectivity index (χ1) is 13.9. The minimum atomic E-state index is 1.07. The van der Waals surface area contributed by atoms with Gasteiger partial charge >= 0.3 is 0 Å². The molecule has 0 bridgehead atoms. The summed E-state index contributed by atoms with van der Waals surface area (Å²) in [6, 6.07) is 30.9. The number of hydrogen-bond donors (Lipinski definition) is 0. The fourth-order valence-electron chi connectivity index (χ4n) is 5.07. The number of benzene rings is 6. The summed E-state index contributed by atoms with van der Waals surface area (Å²) in [7, 11) is 0. The molecule has 28 heavy (non-hydrogen) atoms. The summed E-state index contributed by atoms with van der Waals surface area (Å²) in [5.41, 5.74) is 1.07. The molecule has 0 radical (unpaired) electrons. The van der Waals surface area contributed by atoms with E-state index < -0.39 is 0 Å². The summed E-state index contributed by atoms with van der Waals surface area (Å²) < 4.78 is 0. The van der Waals surface area contributed by atoms with Crippen molar-refractivity contribution in [2.75, 3.05) is 0 Å². The maximum absolute atomic E-state index is 4.65. The van der Waals surface area contributed by atoms with Gasteiger partial charge in [0.25, 0.3) is 0 Å². The van der Waals surface area contributed by atoms with Gasteiger partial charge in [0.05, 0.1) is 5.52 Å². The normalized spacial score (nSPS) is 12.3. The van der Waals surface area contributed by atoms with Crippen LogP contribution in [0.25, 0.3) is 64.8 Å². The van der Waals surface area contributed by atoms with E-state index in [0.29, 0.717) is 0 Å². The largest absolute Gasteiger partial charge is 0.256 e. The van der Waals surface area contributed by atoms with E-state index in [1.807, 2.05) is 6.20 Å². The molecule has 0 saturated carbocycles. The quantitative estimate of drug-likeness (QED) is 0.204. The molecule has 6 aromatic carbocycles. The van der Waals surface area contributed by atoms with Crippen LogP contribution in [0.5, 0.6) is 0 Å². The van der Waals surface area contributed by atoms with Gasteiger partial charge in [-0.3, -0.25) is 4.98 Å². The smallest absolute Gasteiger partial charge is 0.0714 e. The van der Waals surface area contributed by atoms with E-state index in [0.717, 1.165) is 5.52 Å². The lowest BCUT2D eigenvalue weighted by molar-refractivity contribution is 1.43. The fourth-order valence-corrected chi connectivity index (χ4v) is 5.07. The van der Waals surface area contributed by atoms with E-state index in [2.05, 4.69) is 89.9 Å². The van der Waals surface area contributed by atoms with Gasteiger partial charge in [0, 0.05) is 11.6 Å². The van der Waals surface area contributed by atoms with Crippen molar-refractivity contribution in [2.45, 2.75) is 0 Å². The van der Waals surface area contributed by atoms with Gasteiger partial charge in [0.15, 0.2) is 0 Å². The molecule has 0 unspecified atom stereocenters. The van der Waals surface area contributed by atoms with Crippen LogP contribution in [0.2, 0.25) is 0 Å². The predicted molar refractivity (Wildman–Crippen MR) is 120 cm³/mol. The van der Waals surface area contributed by atoms with E-state index in [-0.39, 0.29) is 0 Å². The monoisotopic (exact) mass is 353 g/mol. The van der Waals surface area contributed by atoms with Crippen LogP contribution in [0, 0.1) is 0 Å². The van der Waals surface area contributed by atoms with Crippen LogP contribution in [0.15, 0.2) is 91.1 Å². The van der Waals surface area contributed by atoms with E-state index in [4.69, 9.17) is 0 Å². The van der Waals surface area contributed by atoms with Crippen molar-refractivity contribution >= 4 is 64.8 Å². The minimum absolute atomic E-state index is 1.07. The van der Waals surface area contributed by atoms with Crippen LogP contribution in [-0.2, 0) is 0 Å². The van der Waals surface area contributed by atoms with Gasteiger partial charge in [-0.25, -0.2) is 0 Å². The summed E-state index contributed by atoms with van der Waals surface area (Å²) in [4.78, 5) is 4.65. The average Bonchev–Trinajstić information content (AvgIpc) is 2.76. The lowest BCUT2D eigenvalue weighted by atomic mass is 9.87. The van der Waals surface area contributed by atoms with Crippen molar-refractivity contribution in [1.82, 2.24) is 4.98 Å². The van der Waals surface area contributed by atoms with Gasteiger partial charge < -0.3 is 0 Å². The van der Waals surface area contributed by atoms with Crippen LogP contribution in [0.3, 0.4) is 0 Å². The van der Waals surface area contributed by atoms with Gasteiger partial charge in [-0.15, -0.1) is 0 Å². The molecule has 7 rings (SSSR count). The maximum atomic E-state index is 4.65. The van der Waals surface area contributed by atoms with Crippen molar-refractivity contribution in [3.8, 4) is 0 Å². The molecule has 1 heterocycles. The zero-order valence-electron chi connectivity index (χ0n) is 15.1. The van der Waals surface area contributed by atoms with E-state index >= 15 is 0 Å². The van der Waals surface area contributed by atoms with E-state index in [1.165, 1.54) is 59.2 Å². The van der Waals surface area contributed by atoms with Crippen molar-refractivity contribution in [3.63, 3.8) is 0 Å². The van der Waals surface area contributed by atoms with Crippen LogP contribution in [0.1, 0.15) is 0 Å². The topological polar surface area (TPSA) is 12.9 Å². The van der Waals surface area contributed by atoms with Crippen molar-refractivity contribution in [1.29, 1.82) is 0 Å². The van der Waals surface area contributed by atoms with Crippen molar-refractivity contribution in [3.05, 3.63) is 91.1 Å². The van der Waals surface area contributed by atoms with E-state index in [9.17, 15) is 0 Å². The first kappa shape index (κ1) is 14.4. The number of aromatic nitrogens is 1. The Morgan fingerprint density at radius 3 is 2.18 bits per heavy atom. The average molecular weight is 353 g/mol. The minimum Gasteiger partial charge on any atom is -0.256 e. The highest BCUT2D eigenvalue weighted by atomic mass is 14.6. The highest BCUT2D eigenvalue weighted by Gasteiger charge is 2.16. The molecule has 0 fully saturated rings. The van der Waals surface area contributed by atoms with Gasteiger partial charge in [0.1, 0.15) is 0 Å². The number of fused-ring (bicyclic) bond motifs is 6. The van der Waals surface area contributed by atoms with Crippen molar-refractivity contribution in [2.24, 2.45) is 0 Å². The van der Waals surface area contributed by atoms with Gasteiger partial charge in [-0.05, 0) is 72.1 Å². The molecule has 0 aliphatic heterocycles. The molecular formula is C27H15N. The Bertz CT molecular complexity index is 1700. The van der Waals surface area contributed by atoms with E-state index in [1.54, 1.807) is 0 Å². The molecular weight excluding hydrogens is 338 g/mol. The second-order valence-corrected chi connectivity index (χ2v) is 7.60. The third-order valence-electron chi connectivity index (χ3n) is 6.21. The Balaban J connectivity index is 1.93. The Hall–Kier alpha value is -3.71. The first-order valence-corrected chi connectivity index (χ1v) is 9.66. The number of hydrogen-bond acceptors (Lipinski definition) is 1. The lowest BCUT2D eigenvalue weighted by Crippen LogP contribution is -1.90. The molecule has 0 N–H and O–H groups in total. The molecule has 0 aliphatic rings. The fraction of sp³-hybridized carbons (Fsp3) is 0. The second kappa shape index (κ2) is 4.96. The second-order valence-electron chi connectivity index (χ2n) is 7.60. The van der Waals surface area contributed by atoms with Crippen LogP contribution in [0.4, 0.5) is 0 Å². The van der Waals surface area contributed by atoms with Crippen LogP contribution in [-0.4, -0.2) is 4.98 Å². The molecule has 0 aliphatic carbocycles.